The van der Waals surface area contributed by atoms with Gasteiger partial charge in [0.1, 0.15) is 0 Å². The van der Waals surface area contributed by atoms with E-state index in [0.717, 1.165) is 0 Å². The van der Waals surface area contributed by atoms with Crippen molar-refractivity contribution in [3.05, 3.63) is 0 Å². The van der Waals surface area contributed by atoms with Gasteiger partial charge in [-0.05, 0) is 0 Å². The fourth-order valence-corrected chi connectivity index (χ4v) is 0. The van der Waals surface area contributed by atoms with Gasteiger partial charge in [-0.3, -0.25) is 0 Å². The molecule has 0 aromatic rings. The van der Waals surface area contributed by atoms with Crippen molar-refractivity contribution in [3.63, 3.8) is 0 Å². The van der Waals surface area contributed by atoms with Crippen LogP contribution in [0.4, 0.5) is 0 Å². The predicted octanol–water partition coefficient (Wildman–Crippen LogP) is -29.7. The first kappa shape index (κ1) is 160. The van der Waals surface area contributed by atoms with Crippen LogP contribution in [0, 0.1) is 0 Å². The van der Waals surface area contributed by atoms with Crippen LogP contribution in [0.3, 0.4) is 0 Å². The summed E-state index contributed by atoms with van der Waals surface area (Å²) in [6, 6.07) is 0. The Balaban J connectivity index is -0.00000000822. The standard InChI is InChI=1S/5C2H2O4.14H2O.2Zr/c5*3-1(4)2(5)6;;;;;;;;;;;;;;;;/h5*(H,3,4)(H,5,6);14*1H2;;/q;;;;;;;;;;;;;;;;;;;2*+4/p-4. The van der Waals surface area contributed by atoms with E-state index in [0.29, 0.717) is 0 Å². The van der Waals surface area contributed by atoms with Gasteiger partial charge in [0.05, 0.1) is 59.7 Å². The van der Waals surface area contributed by atoms with Crippen LogP contribution in [0.2, 0.25) is 0 Å². The maximum absolute atomic E-state index is 8.93. The molecule has 0 aliphatic rings. The predicted molar refractivity (Wildman–Crippen MR) is 108 cm³/mol. The molecule has 0 radical (unpaired) electrons. The van der Waals surface area contributed by atoms with E-state index in [9.17, 15) is 0 Å². The molecule has 0 aromatic carbocycles. The summed E-state index contributed by atoms with van der Waals surface area (Å²) in [5.74, 6) is -21.9. The van der Waals surface area contributed by atoms with E-state index in [1.54, 1.807) is 0 Å². The zero-order valence-electron chi connectivity index (χ0n) is 21.6. The summed E-state index contributed by atoms with van der Waals surface area (Å²) < 4.78 is 0. The van der Waals surface area contributed by atoms with Gasteiger partial charge in [-0.2, -0.15) is 0 Å². The summed E-state index contributed by atoms with van der Waals surface area (Å²) in [6.07, 6.45) is 0. The molecule has 0 rings (SSSR count). The van der Waals surface area contributed by atoms with Gasteiger partial charge in [-0.15, -0.1) is 0 Å². The van der Waals surface area contributed by atoms with Crippen LogP contribution in [-0.4, -0.2) is 104 Å². The van der Waals surface area contributed by atoms with E-state index >= 15 is 0 Å². The van der Waals surface area contributed by atoms with Crippen LogP contribution < -0.4 is 51.1 Å². The largest absolute Gasteiger partial charge is 4.00 e. The van der Waals surface area contributed by atoms with Gasteiger partial charge in [0.2, 0.25) is 0 Å². The molecule has 0 spiro atoms. The summed E-state index contributed by atoms with van der Waals surface area (Å²) in [4.78, 5) is 89.3. The Hall–Kier alpha value is -4.09. The Bertz CT molecular complexity index is 515. The molecular formula is C10H34O34Zr2+4. The maximum Gasteiger partial charge on any atom is 4.00 e. The molecule has 0 aliphatic heterocycles. The molecule has 0 heterocycles. The molecule has 34 N–H and O–H groups in total. The molecule has 0 aliphatic carbocycles. The molecule has 0 fully saturated rings. The minimum atomic E-state index is -2.19. The summed E-state index contributed by atoms with van der Waals surface area (Å²) in [5.41, 5.74) is 0. The van der Waals surface area contributed by atoms with Crippen LogP contribution in [0.15, 0.2) is 0 Å². The molecule has 0 bridgehead atoms. The van der Waals surface area contributed by atoms with Crippen LogP contribution in [0.5, 0.6) is 0 Å². The maximum atomic E-state index is 8.93. The first-order chi connectivity index (χ1) is 13.2. The third-order valence-corrected chi connectivity index (χ3v) is 0.833. The van der Waals surface area contributed by atoms with Crippen molar-refractivity contribution in [1.29, 1.82) is 0 Å². The van der Waals surface area contributed by atoms with E-state index in [-0.39, 0.29) is 129 Å². The molecule has 34 nitrogen and oxygen atoms in total. The second-order valence-electron chi connectivity index (χ2n) is 2.87. The molecule has 0 amide bonds. The van der Waals surface area contributed by atoms with Crippen molar-refractivity contribution in [2.45, 2.75) is 0 Å². The van der Waals surface area contributed by atoms with Crippen molar-refractivity contribution in [3.8, 4) is 0 Å². The van der Waals surface area contributed by atoms with Gasteiger partial charge >= 0.3 is 52.4 Å². The molecule has 36 heteroatoms. The van der Waals surface area contributed by atoms with Gasteiger partial charge in [0.15, 0.2) is 0 Å². The van der Waals surface area contributed by atoms with Crippen LogP contribution in [0.25, 0.3) is 0 Å². The number of aliphatic carboxylic acids is 10. The van der Waals surface area contributed by atoms with Gasteiger partial charge < -0.3 is 176 Å². The third kappa shape index (κ3) is 239. The number of hydrogen-bond donors (Lipinski definition) is 0. The van der Waals surface area contributed by atoms with Gasteiger partial charge in [-0.25, -0.2) is 0 Å². The molecule has 282 valence electrons. The summed E-state index contributed by atoms with van der Waals surface area (Å²) in [7, 11) is 0. The fourth-order valence-electron chi connectivity index (χ4n) is 0. The Morgan fingerprint density at radius 1 is 0.196 bits per heavy atom. The van der Waals surface area contributed by atoms with Gasteiger partial charge in [0, 0.05) is 0 Å². The van der Waals surface area contributed by atoms with E-state index in [1.165, 1.54) is 0 Å². The van der Waals surface area contributed by atoms with E-state index in [2.05, 4.69) is 0 Å². The van der Waals surface area contributed by atoms with Crippen molar-refractivity contribution in [2.75, 3.05) is 0 Å². The van der Waals surface area contributed by atoms with E-state index in [1.807, 2.05) is 0 Å². The number of carbonyl (C=O) groups is 10. The van der Waals surface area contributed by atoms with Gasteiger partial charge in [-0.1, -0.05) is 0 Å². The topological polar surface area (TPSA) is 851 Å². The molecule has 0 saturated heterocycles. The monoisotopic (exact) mass is 878 g/mol. The number of carboxylic acid groups (broad SMARTS) is 10. The second-order valence-corrected chi connectivity index (χ2v) is 2.87. The summed E-state index contributed by atoms with van der Waals surface area (Å²) in [6.45, 7) is 0. The van der Waals surface area contributed by atoms with Crippen LogP contribution in [-0.2, 0) is 133 Å². The smallest absolute Gasteiger partial charge is 0.543 e. The Morgan fingerprint density at radius 3 is 0.217 bits per heavy atom. The molecule has 46 heavy (non-hydrogen) atoms. The van der Waals surface area contributed by atoms with Crippen molar-refractivity contribution >= 4 is 59.7 Å². The summed E-state index contributed by atoms with van der Waals surface area (Å²) >= 11 is 0. The minimum absolute atomic E-state index is 0. The van der Waals surface area contributed by atoms with Crippen molar-refractivity contribution < 1.29 is 228 Å². The van der Waals surface area contributed by atoms with Gasteiger partial charge in [0.25, 0.3) is 0 Å². The zero-order valence-corrected chi connectivity index (χ0v) is 26.5. The normalized spacial score (nSPS) is 4.78. The first-order valence-electron chi connectivity index (χ1n) is 5.33. The summed E-state index contributed by atoms with van der Waals surface area (Å²) in [5, 5.41) is 89.3. The SMILES string of the molecule is O.O.O.O.O.O.O.O.O=C([O-])C(=O)[O-].O=C([O-])C(=O)[O-].O=C([O-])C(=O)[O-].O=C([O-])C(=O)[O-].O=C([O-])C(=O)[O-].[OH3+].[OH3+].[OH3+].[OH3+].[OH3+].[OH3+].[Zr+4].[Zr+4]. The molecule has 0 saturated carbocycles. The third-order valence-electron chi connectivity index (χ3n) is 0.833. The molecular weight excluding hydrogens is 847 g/mol. The molecule has 0 aromatic heterocycles. The average molecular weight is 881 g/mol. The molecule has 0 atom stereocenters. The quantitative estimate of drug-likeness (QED) is 0.161. The van der Waals surface area contributed by atoms with Crippen molar-refractivity contribution in [2.24, 2.45) is 0 Å². The Morgan fingerprint density at radius 2 is 0.217 bits per heavy atom. The Labute approximate surface area is 287 Å². The Kier molecular flexibility index (Phi) is 339. The number of carboxylic acids is 10. The van der Waals surface area contributed by atoms with Crippen LogP contribution in [0.1, 0.15) is 0 Å². The minimum Gasteiger partial charge on any atom is -0.543 e. The first-order valence-corrected chi connectivity index (χ1v) is 5.33. The van der Waals surface area contributed by atoms with E-state index < -0.39 is 59.7 Å². The van der Waals surface area contributed by atoms with Crippen molar-refractivity contribution in [1.82, 2.24) is 0 Å². The molecule has 0 unspecified atom stereocenters. The number of hydrogen-bond acceptors (Lipinski definition) is 20. The fraction of sp³-hybridized carbons (Fsp3) is 0. The second kappa shape index (κ2) is 97.1. The average Bonchev–Trinajstić information content (AvgIpc) is 2.56. The van der Waals surface area contributed by atoms with Crippen LogP contribution >= 0.6 is 0 Å². The zero-order chi connectivity index (χ0) is 25.8. The number of rotatable bonds is 0. The van der Waals surface area contributed by atoms with E-state index in [4.69, 9.17) is 99.0 Å². The number of carbonyl (C=O) groups excluding carboxylic acids is 10.